The Morgan fingerprint density at radius 2 is 1.54 bits per heavy atom. The highest BCUT2D eigenvalue weighted by atomic mass is 35.5. The number of amides is 2. The molecule has 0 bridgehead atoms. The van der Waals surface area contributed by atoms with Crippen molar-refractivity contribution in [1.82, 2.24) is 5.32 Å². The Bertz CT molecular complexity index is 1320. The van der Waals surface area contributed by atoms with E-state index in [0.717, 1.165) is 11.1 Å². The van der Waals surface area contributed by atoms with Gasteiger partial charge in [-0.15, -0.1) is 0 Å². The van der Waals surface area contributed by atoms with Gasteiger partial charge in [0.2, 0.25) is 0 Å². The van der Waals surface area contributed by atoms with Crippen molar-refractivity contribution in [2.45, 2.75) is 19.6 Å². The second-order valence-electron chi connectivity index (χ2n) is 8.01. The Morgan fingerprint density at radius 3 is 2.34 bits per heavy atom. The van der Waals surface area contributed by atoms with Gasteiger partial charge in [0.15, 0.2) is 0 Å². The molecule has 0 aliphatic rings. The molecule has 4 aromatic carbocycles. The van der Waals surface area contributed by atoms with Gasteiger partial charge in [0.1, 0.15) is 12.4 Å². The average molecular weight is 485 g/mol. The van der Waals surface area contributed by atoms with Crippen molar-refractivity contribution in [2.24, 2.45) is 0 Å². The number of halogens is 1. The van der Waals surface area contributed by atoms with Crippen molar-refractivity contribution in [3.05, 3.63) is 130 Å². The molecule has 1 unspecified atom stereocenters. The van der Waals surface area contributed by atoms with E-state index >= 15 is 0 Å². The minimum absolute atomic E-state index is 0.181. The lowest BCUT2D eigenvalue weighted by atomic mass is 10.1. The molecule has 2 amide bonds. The molecule has 5 nitrogen and oxygen atoms in total. The SMILES string of the molecule is CC(NC(=O)c1ccccc1NC(=O)c1cccc(OCc2ccccc2Cl)c1)c1ccccc1. The lowest BCUT2D eigenvalue weighted by Gasteiger charge is -2.16. The Kier molecular flexibility index (Phi) is 7.81. The summed E-state index contributed by atoms with van der Waals surface area (Å²) in [7, 11) is 0. The lowest BCUT2D eigenvalue weighted by molar-refractivity contribution is 0.0940. The number of hydrogen-bond donors (Lipinski definition) is 2. The van der Waals surface area contributed by atoms with Crippen LogP contribution in [0, 0.1) is 0 Å². The summed E-state index contributed by atoms with van der Waals surface area (Å²) in [5.41, 5.74) is 3.08. The summed E-state index contributed by atoms with van der Waals surface area (Å²) in [4.78, 5) is 26.0. The zero-order valence-corrected chi connectivity index (χ0v) is 20.0. The first-order valence-corrected chi connectivity index (χ1v) is 11.6. The number of ether oxygens (including phenoxy) is 1. The van der Waals surface area contributed by atoms with Crippen molar-refractivity contribution in [3.63, 3.8) is 0 Å². The second-order valence-corrected chi connectivity index (χ2v) is 8.42. The quantitative estimate of drug-likeness (QED) is 0.294. The average Bonchev–Trinajstić information content (AvgIpc) is 2.89. The van der Waals surface area contributed by atoms with E-state index in [0.29, 0.717) is 27.6 Å². The van der Waals surface area contributed by atoms with Crippen LogP contribution >= 0.6 is 11.6 Å². The van der Waals surface area contributed by atoms with Crippen LogP contribution in [-0.4, -0.2) is 11.8 Å². The van der Waals surface area contributed by atoms with E-state index in [1.165, 1.54) is 0 Å². The fraction of sp³-hybridized carbons (Fsp3) is 0.103. The van der Waals surface area contributed by atoms with Crippen molar-refractivity contribution in [1.29, 1.82) is 0 Å². The van der Waals surface area contributed by atoms with Crippen LogP contribution in [0.4, 0.5) is 5.69 Å². The first kappa shape index (κ1) is 24.0. The number of hydrogen-bond acceptors (Lipinski definition) is 3. The standard InChI is InChI=1S/C29H25ClN2O3/c1-20(21-10-3-2-4-11-21)31-29(34)25-15-6-8-17-27(25)32-28(33)22-13-9-14-24(18-22)35-19-23-12-5-7-16-26(23)30/h2-18,20H,19H2,1H3,(H,31,34)(H,32,33). The largest absolute Gasteiger partial charge is 0.489 e. The van der Waals surface area contributed by atoms with Gasteiger partial charge >= 0.3 is 0 Å². The highest BCUT2D eigenvalue weighted by molar-refractivity contribution is 6.31. The van der Waals surface area contributed by atoms with E-state index in [1.54, 1.807) is 54.6 Å². The van der Waals surface area contributed by atoms with Crippen molar-refractivity contribution >= 4 is 29.1 Å². The molecule has 176 valence electrons. The van der Waals surface area contributed by atoms with Gasteiger partial charge in [0.25, 0.3) is 11.8 Å². The van der Waals surface area contributed by atoms with E-state index in [9.17, 15) is 9.59 Å². The van der Waals surface area contributed by atoms with Crippen molar-refractivity contribution in [2.75, 3.05) is 5.32 Å². The molecule has 0 aliphatic carbocycles. The summed E-state index contributed by atoms with van der Waals surface area (Å²) in [6.07, 6.45) is 0. The van der Waals surface area contributed by atoms with Gasteiger partial charge in [-0.1, -0.05) is 78.3 Å². The first-order valence-electron chi connectivity index (χ1n) is 11.2. The Labute approximate surface area is 209 Å². The van der Waals surface area contributed by atoms with Crippen LogP contribution in [0.15, 0.2) is 103 Å². The number of rotatable bonds is 8. The molecule has 1 atom stereocenters. The van der Waals surface area contributed by atoms with Crippen LogP contribution in [0.2, 0.25) is 5.02 Å². The van der Waals surface area contributed by atoms with Gasteiger partial charge in [0.05, 0.1) is 17.3 Å². The Hall–Kier alpha value is -4.09. The lowest BCUT2D eigenvalue weighted by Crippen LogP contribution is -2.28. The van der Waals surface area contributed by atoms with E-state index < -0.39 is 0 Å². The third-order valence-electron chi connectivity index (χ3n) is 5.52. The van der Waals surface area contributed by atoms with E-state index in [-0.39, 0.29) is 24.5 Å². The van der Waals surface area contributed by atoms with Crippen LogP contribution < -0.4 is 15.4 Å². The maximum atomic E-state index is 13.0. The van der Waals surface area contributed by atoms with Crippen LogP contribution in [0.5, 0.6) is 5.75 Å². The number of benzene rings is 4. The molecule has 0 aliphatic heterocycles. The smallest absolute Gasteiger partial charge is 0.255 e. The number of nitrogens with one attached hydrogen (secondary N) is 2. The molecular formula is C29H25ClN2O3. The van der Waals surface area contributed by atoms with Crippen molar-refractivity contribution in [3.8, 4) is 5.75 Å². The molecule has 0 heterocycles. The predicted molar refractivity (Wildman–Crippen MR) is 139 cm³/mol. The van der Waals surface area contributed by atoms with Crippen molar-refractivity contribution < 1.29 is 14.3 Å². The summed E-state index contributed by atoms with van der Waals surface area (Å²) in [6.45, 7) is 2.20. The van der Waals surface area contributed by atoms with Gasteiger partial charge in [-0.3, -0.25) is 9.59 Å². The third-order valence-corrected chi connectivity index (χ3v) is 5.88. The fourth-order valence-corrected chi connectivity index (χ4v) is 3.78. The number of carbonyl (C=O) groups is 2. The fourth-order valence-electron chi connectivity index (χ4n) is 3.59. The van der Waals surface area contributed by atoms with Crippen LogP contribution in [0.25, 0.3) is 0 Å². The molecule has 0 fully saturated rings. The minimum Gasteiger partial charge on any atom is -0.489 e. The molecule has 0 saturated carbocycles. The summed E-state index contributed by atoms with van der Waals surface area (Å²) in [6, 6.07) is 30.8. The zero-order valence-electron chi connectivity index (χ0n) is 19.2. The normalized spacial score (nSPS) is 11.4. The molecule has 2 N–H and O–H groups in total. The Balaban J connectivity index is 1.44. The topological polar surface area (TPSA) is 67.4 Å². The molecular weight excluding hydrogens is 460 g/mol. The maximum absolute atomic E-state index is 13.0. The molecule has 6 heteroatoms. The molecule has 0 radical (unpaired) electrons. The van der Waals surface area contributed by atoms with E-state index in [2.05, 4.69) is 10.6 Å². The second kappa shape index (κ2) is 11.4. The summed E-state index contributed by atoms with van der Waals surface area (Å²) in [5.74, 6) is -0.0705. The molecule has 4 aromatic rings. The first-order chi connectivity index (χ1) is 17.0. The van der Waals surface area contributed by atoms with Crippen LogP contribution in [0.3, 0.4) is 0 Å². The monoisotopic (exact) mass is 484 g/mol. The van der Waals surface area contributed by atoms with Gasteiger partial charge in [-0.25, -0.2) is 0 Å². The summed E-state index contributed by atoms with van der Waals surface area (Å²) < 4.78 is 5.83. The maximum Gasteiger partial charge on any atom is 0.255 e. The molecule has 0 saturated heterocycles. The highest BCUT2D eigenvalue weighted by Crippen LogP contribution is 2.22. The number of carbonyl (C=O) groups excluding carboxylic acids is 2. The number of para-hydroxylation sites is 1. The van der Waals surface area contributed by atoms with Gasteiger partial charge in [0, 0.05) is 16.1 Å². The van der Waals surface area contributed by atoms with Gasteiger partial charge in [-0.2, -0.15) is 0 Å². The van der Waals surface area contributed by atoms with E-state index in [4.69, 9.17) is 16.3 Å². The zero-order chi connectivity index (χ0) is 24.6. The van der Waals surface area contributed by atoms with E-state index in [1.807, 2.05) is 55.5 Å². The van der Waals surface area contributed by atoms with Gasteiger partial charge in [-0.05, 0) is 48.9 Å². The molecule has 4 rings (SSSR count). The molecule has 0 aromatic heterocycles. The summed E-state index contributed by atoms with van der Waals surface area (Å²) >= 11 is 6.19. The van der Waals surface area contributed by atoms with Crippen LogP contribution in [-0.2, 0) is 6.61 Å². The van der Waals surface area contributed by atoms with Crippen LogP contribution in [0.1, 0.15) is 44.8 Å². The third kappa shape index (κ3) is 6.28. The summed E-state index contributed by atoms with van der Waals surface area (Å²) in [5, 5.41) is 6.47. The molecule has 35 heavy (non-hydrogen) atoms. The highest BCUT2D eigenvalue weighted by Gasteiger charge is 2.17. The Morgan fingerprint density at radius 1 is 0.829 bits per heavy atom. The van der Waals surface area contributed by atoms with Gasteiger partial charge < -0.3 is 15.4 Å². The number of anilines is 1. The predicted octanol–water partition coefficient (Wildman–Crippen LogP) is 6.66. The minimum atomic E-state index is -0.343. The molecule has 0 spiro atoms.